The molecule has 0 spiro atoms. The van der Waals surface area contributed by atoms with Crippen LogP contribution in [-0.4, -0.2) is 22.8 Å². The van der Waals surface area contributed by atoms with E-state index in [1.165, 1.54) is 44.9 Å². The Morgan fingerprint density at radius 1 is 0.889 bits per heavy atom. The van der Waals surface area contributed by atoms with Crippen molar-refractivity contribution in [2.75, 3.05) is 14.2 Å². The molecule has 0 unspecified atom stereocenters. The van der Waals surface area contributed by atoms with Crippen LogP contribution in [0.3, 0.4) is 0 Å². The number of hydrogen-bond donors (Lipinski definition) is 0. The van der Waals surface area contributed by atoms with Gasteiger partial charge < -0.3 is 8.85 Å². The van der Waals surface area contributed by atoms with Gasteiger partial charge in [0.1, 0.15) is 0 Å². The lowest BCUT2D eigenvalue weighted by molar-refractivity contribution is 0.203. The molecule has 1 rings (SSSR count). The molecule has 0 radical (unpaired) electrons. The molecule has 0 atom stereocenters. The maximum Gasteiger partial charge on any atom is 0.341 e. The minimum Gasteiger partial charge on any atom is -0.397 e. The van der Waals surface area contributed by atoms with Crippen LogP contribution >= 0.6 is 0 Å². The minimum absolute atomic E-state index is 0.292. The molecule has 1 fully saturated rings. The van der Waals surface area contributed by atoms with Crippen LogP contribution in [0.25, 0.3) is 0 Å². The first-order chi connectivity index (χ1) is 8.43. The molecule has 0 saturated heterocycles. The molecule has 0 aliphatic heterocycles. The monoisotopic (exact) mass is 272 g/mol. The van der Waals surface area contributed by atoms with E-state index in [2.05, 4.69) is 20.8 Å². The van der Waals surface area contributed by atoms with Gasteiger partial charge in [0.2, 0.25) is 0 Å². The van der Waals surface area contributed by atoms with Crippen LogP contribution in [0.5, 0.6) is 0 Å². The van der Waals surface area contributed by atoms with Gasteiger partial charge in [-0.05, 0) is 24.3 Å². The van der Waals surface area contributed by atoms with Crippen LogP contribution in [0.1, 0.15) is 65.7 Å². The molecule has 3 heteroatoms. The normalized spacial score (nSPS) is 20.5. The molecule has 0 amide bonds. The van der Waals surface area contributed by atoms with E-state index in [4.69, 9.17) is 8.85 Å². The van der Waals surface area contributed by atoms with Crippen molar-refractivity contribution in [2.45, 2.75) is 77.3 Å². The molecule has 0 aromatic heterocycles. The first-order valence-electron chi connectivity index (χ1n) is 7.54. The lowest BCUT2D eigenvalue weighted by Gasteiger charge is -2.40. The van der Waals surface area contributed by atoms with E-state index in [9.17, 15) is 0 Å². The molecule has 1 saturated carbocycles. The number of hydrogen-bond acceptors (Lipinski definition) is 2. The molecular formula is C15H32O2Si. The Morgan fingerprint density at radius 3 is 1.72 bits per heavy atom. The van der Waals surface area contributed by atoms with Crippen molar-refractivity contribution in [3.63, 3.8) is 0 Å². The fraction of sp³-hybridized carbons (Fsp3) is 1.00. The average Bonchev–Trinajstić information content (AvgIpc) is 2.24. The number of rotatable bonds is 4. The van der Waals surface area contributed by atoms with Crippen molar-refractivity contribution >= 4 is 8.56 Å². The van der Waals surface area contributed by atoms with Gasteiger partial charge in [-0.3, -0.25) is 0 Å². The Labute approximate surface area is 115 Å². The minimum atomic E-state index is -2.03. The summed E-state index contributed by atoms with van der Waals surface area (Å²) in [5.74, 6) is 0. The lowest BCUT2D eigenvalue weighted by atomic mass is 10.00. The molecule has 0 aromatic rings. The highest BCUT2D eigenvalue weighted by Crippen LogP contribution is 2.42. The van der Waals surface area contributed by atoms with Gasteiger partial charge in [0.15, 0.2) is 0 Å². The summed E-state index contributed by atoms with van der Waals surface area (Å²) in [7, 11) is 1.72. The summed E-state index contributed by atoms with van der Waals surface area (Å²) in [5.41, 5.74) is 0.979. The molecule has 1 aliphatic carbocycles. The van der Waals surface area contributed by atoms with Gasteiger partial charge >= 0.3 is 8.56 Å². The highest BCUT2D eigenvalue weighted by molar-refractivity contribution is 6.69. The van der Waals surface area contributed by atoms with Crippen molar-refractivity contribution in [2.24, 2.45) is 5.41 Å². The highest BCUT2D eigenvalue weighted by Gasteiger charge is 2.46. The van der Waals surface area contributed by atoms with Crippen molar-refractivity contribution in [3.8, 4) is 0 Å². The Balaban J connectivity index is 2.79. The maximum atomic E-state index is 6.02. The van der Waals surface area contributed by atoms with Crippen LogP contribution in [0.15, 0.2) is 0 Å². The Hall–Kier alpha value is 0.137. The van der Waals surface area contributed by atoms with E-state index in [0.717, 1.165) is 6.04 Å². The molecule has 0 bridgehead atoms. The zero-order chi connectivity index (χ0) is 13.6. The second kappa shape index (κ2) is 7.06. The highest BCUT2D eigenvalue weighted by atomic mass is 28.4. The van der Waals surface area contributed by atoms with Crippen molar-refractivity contribution in [3.05, 3.63) is 0 Å². The third-order valence-electron chi connectivity index (χ3n) is 4.19. The summed E-state index contributed by atoms with van der Waals surface area (Å²) in [4.78, 5) is 0. The van der Waals surface area contributed by atoms with E-state index < -0.39 is 8.56 Å². The standard InChI is InChI=1S/C15H32O2Si/c1-15(2,3)13-18(16-4,17-5)14-11-9-7-6-8-10-12-14/h14H,6-13H2,1-5H3. The Bertz CT molecular complexity index is 223. The van der Waals surface area contributed by atoms with E-state index in [1.54, 1.807) is 0 Å². The van der Waals surface area contributed by atoms with Crippen LogP contribution in [0.4, 0.5) is 0 Å². The molecule has 0 heterocycles. The predicted octanol–water partition coefficient (Wildman–Crippen LogP) is 4.88. The van der Waals surface area contributed by atoms with Crippen LogP contribution < -0.4 is 0 Å². The summed E-state index contributed by atoms with van der Waals surface area (Å²) < 4.78 is 12.0. The molecule has 1 aliphatic rings. The van der Waals surface area contributed by atoms with Gasteiger partial charge in [-0.15, -0.1) is 0 Å². The van der Waals surface area contributed by atoms with Crippen molar-refractivity contribution in [1.29, 1.82) is 0 Å². The second-order valence-corrected chi connectivity index (χ2v) is 10.6. The summed E-state index contributed by atoms with van der Waals surface area (Å²) in [6.07, 6.45) is 9.54. The van der Waals surface area contributed by atoms with Gasteiger partial charge in [0, 0.05) is 19.8 Å². The maximum absolute atomic E-state index is 6.02. The third-order valence-corrected chi connectivity index (χ3v) is 8.95. The molecule has 2 nitrogen and oxygen atoms in total. The third kappa shape index (κ3) is 4.67. The smallest absolute Gasteiger partial charge is 0.341 e. The first-order valence-corrected chi connectivity index (χ1v) is 9.64. The lowest BCUT2D eigenvalue weighted by Crippen LogP contribution is -2.48. The van der Waals surface area contributed by atoms with Crippen molar-refractivity contribution in [1.82, 2.24) is 0 Å². The second-order valence-electron chi connectivity index (χ2n) is 7.00. The quantitative estimate of drug-likeness (QED) is 0.679. The van der Waals surface area contributed by atoms with Crippen molar-refractivity contribution < 1.29 is 8.85 Å². The van der Waals surface area contributed by atoms with Gasteiger partial charge in [0.05, 0.1) is 0 Å². The fourth-order valence-electron chi connectivity index (χ4n) is 3.34. The summed E-state index contributed by atoms with van der Waals surface area (Å²) in [6.45, 7) is 6.90. The van der Waals surface area contributed by atoms with Crippen LogP contribution in [0, 0.1) is 5.41 Å². The predicted molar refractivity (Wildman–Crippen MR) is 80.1 cm³/mol. The van der Waals surface area contributed by atoms with E-state index >= 15 is 0 Å². The van der Waals surface area contributed by atoms with Gasteiger partial charge in [-0.25, -0.2) is 0 Å². The fourth-order valence-corrected chi connectivity index (χ4v) is 7.52. The first kappa shape index (κ1) is 16.2. The molecule has 0 aromatic carbocycles. The SMILES string of the molecule is CO[Si](CC(C)(C)C)(OC)C1CCCCCCC1. The van der Waals surface area contributed by atoms with Crippen LogP contribution in [0.2, 0.25) is 11.6 Å². The molecule has 18 heavy (non-hydrogen) atoms. The largest absolute Gasteiger partial charge is 0.397 e. The van der Waals surface area contributed by atoms with E-state index in [1.807, 2.05) is 14.2 Å². The topological polar surface area (TPSA) is 18.5 Å². The zero-order valence-electron chi connectivity index (χ0n) is 13.1. The summed E-state index contributed by atoms with van der Waals surface area (Å²) in [5, 5.41) is 0. The summed E-state index contributed by atoms with van der Waals surface area (Å²) >= 11 is 0. The summed E-state index contributed by atoms with van der Waals surface area (Å²) in [6, 6.07) is 1.11. The van der Waals surface area contributed by atoms with Crippen LogP contribution in [-0.2, 0) is 8.85 Å². The molecule has 0 N–H and O–H groups in total. The molecule has 108 valence electrons. The Kier molecular flexibility index (Phi) is 6.35. The van der Waals surface area contributed by atoms with Gasteiger partial charge in [-0.1, -0.05) is 52.9 Å². The zero-order valence-corrected chi connectivity index (χ0v) is 14.1. The molecular weight excluding hydrogens is 240 g/mol. The average molecular weight is 273 g/mol. The van der Waals surface area contributed by atoms with Gasteiger partial charge in [-0.2, -0.15) is 0 Å². The Morgan fingerprint density at radius 2 is 1.33 bits per heavy atom. The van der Waals surface area contributed by atoms with E-state index in [0.29, 0.717) is 11.0 Å². The van der Waals surface area contributed by atoms with Gasteiger partial charge in [0.25, 0.3) is 0 Å². The van der Waals surface area contributed by atoms with E-state index in [-0.39, 0.29) is 0 Å².